The minimum atomic E-state index is 0.648. The van der Waals surface area contributed by atoms with Gasteiger partial charge in [0.15, 0.2) is 0 Å². The molecule has 7 aromatic rings. The van der Waals surface area contributed by atoms with Crippen molar-refractivity contribution in [1.82, 2.24) is 4.57 Å². The Morgan fingerprint density at radius 2 is 1.03 bits per heavy atom. The normalized spacial score (nSPS) is 11.8. The molecule has 1 unspecified atom stereocenters. The molecule has 2 aromatic heterocycles. The van der Waals surface area contributed by atoms with E-state index in [9.17, 15) is 0 Å². The molecule has 160 valence electrons. The molecule has 0 saturated carbocycles. The fourth-order valence-corrected chi connectivity index (χ4v) is 6.70. The Hall–Kier alpha value is -4.06. The summed E-state index contributed by atoms with van der Waals surface area (Å²) in [5, 5.41) is 6.96. The van der Waals surface area contributed by atoms with Crippen LogP contribution in [0.3, 0.4) is 0 Å². The molecule has 2 heteroatoms. The Bertz CT molecular complexity index is 1730. The van der Waals surface area contributed by atoms with E-state index in [4.69, 9.17) is 0 Å². The summed E-state index contributed by atoms with van der Waals surface area (Å²) in [7, 11) is 0.648. The third kappa shape index (κ3) is 3.02. The summed E-state index contributed by atoms with van der Waals surface area (Å²) in [6, 6.07) is 46.2. The molecule has 2 heterocycles. The highest BCUT2D eigenvalue weighted by molar-refractivity contribution is 7.43. The van der Waals surface area contributed by atoms with Gasteiger partial charge in [0, 0.05) is 21.6 Å². The first-order valence-electron chi connectivity index (χ1n) is 11.6. The summed E-state index contributed by atoms with van der Waals surface area (Å²) in [6.45, 7) is 0. The van der Waals surface area contributed by atoms with Crippen molar-refractivity contribution in [2.45, 2.75) is 0 Å². The monoisotopic (exact) mass is 451 g/mol. The van der Waals surface area contributed by atoms with Gasteiger partial charge in [-0.25, -0.2) is 0 Å². The molecule has 0 fully saturated rings. The Morgan fingerprint density at radius 1 is 0.471 bits per heavy atom. The van der Waals surface area contributed by atoms with Crippen LogP contribution in [0.25, 0.3) is 60.0 Å². The van der Waals surface area contributed by atoms with E-state index >= 15 is 0 Å². The summed E-state index contributed by atoms with van der Waals surface area (Å²) in [6.07, 6.45) is 0. The number of para-hydroxylation sites is 1. The van der Waals surface area contributed by atoms with Gasteiger partial charge in [0.2, 0.25) is 0 Å². The molecule has 0 bridgehead atoms. The minimum absolute atomic E-state index is 0.648. The zero-order valence-electron chi connectivity index (χ0n) is 18.6. The molecule has 0 amide bonds. The van der Waals surface area contributed by atoms with E-state index in [1.165, 1.54) is 60.0 Å². The second-order valence-electron chi connectivity index (χ2n) is 8.75. The summed E-state index contributed by atoms with van der Waals surface area (Å²) >= 11 is 0. The number of hydrogen-bond donors (Lipinski definition) is 0. The first kappa shape index (κ1) is 19.4. The zero-order chi connectivity index (χ0) is 22.5. The molecule has 1 atom stereocenters. The van der Waals surface area contributed by atoms with Crippen LogP contribution >= 0.6 is 8.19 Å². The smallest absolute Gasteiger partial charge is 0.0714 e. The fraction of sp³-hybridized carbons (Fsp3) is 0. The lowest BCUT2D eigenvalue weighted by atomic mass is 9.98. The van der Waals surface area contributed by atoms with Crippen LogP contribution in [-0.4, -0.2) is 4.57 Å². The molecule has 0 aliphatic heterocycles. The van der Waals surface area contributed by atoms with Crippen LogP contribution in [0.2, 0.25) is 0 Å². The van der Waals surface area contributed by atoms with Gasteiger partial charge in [-0.1, -0.05) is 103 Å². The minimum Gasteiger partial charge on any atom is -0.306 e. The van der Waals surface area contributed by atoms with Gasteiger partial charge in [0.25, 0.3) is 0 Å². The predicted molar refractivity (Wildman–Crippen MR) is 149 cm³/mol. The quantitative estimate of drug-likeness (QED) is 0.252. The number of hydrogen-bond acceptors (Lipinski definition) is 0. The first-order valence-corrected chi connectivity index (χ1v) is 12.6. The van der Waals surface area contributed by atoms with Crippen molar-refractivity contribution < 1.29 is 0 Å². The van der Waals surface area contributed by atoms with Gasteiger partial charge in [-0.3, -0.25) is 0 Å². The second kappa shape index (κ2) is 7.76. The maximum Gasteiger partial charge on any atom is 0.0714 e. The van der Waals surface area contributed by atoms with Gasteiger partial charge < -0.3 is 4.57 Å². The molecule has 0 aliphatic carbocycles. The molecule has 0 radical (unpaired) electrons. The van der Waals surface area contributed by atoms with Crippen LogP contribution in [0.15, 0.2) is 127 Å². The molecule has 0 saturated heterocycles. The van der Waals surface area contributed by atoms with Gasteiger partial charge >= 0.3 is 0 Å². The van der Waals surface area contributed by atoms with Crippen molar-refractivity contribution in [3.63, 3.8) is 0 Å². The predicted octanol–water partition coefficient (Wildman–Crippen LogP) is 9.30. The molecular formula is C32H22NP. The van der Waals surface area contributed by atoms with Gasteiger partial charge in [0.05, 0.1) is 10.8 Å². The second-order valence-corrected chi connectivity index (χ2v) is 10.0. The Kier molecular flexibility index (Phi) is 4.43. The molecule has 5 aromatic carbocycles. The maximum absolute atomic E-state index is 2.50. The van der Waals surface area contributed by atoms with E-state index in [-0.39, 0.29) is 0 Å². The van der Waals surface area contributed by atoms with E-state index in [1.54, 1.807) is 0 Å². The largest absolute Gasteiger partial charge is 0.306 e. The van der Waals surface area contributed by atoms with Crippen molar-refractivity contribution in [2.75, 3.05) is 0 Å². The van der Waals surface area contributed by atoms with Crippen LogP contribution in [0.5, 0.6) is 0 Å². The van der Waals surface area contributed by atoms with Crippen LogP contribution in [0.1, 0.15) is 0 Å². The van der Waals surface area contributed by atoms with E-state index in [0.717, 1.165) is 0 Å². The lowest BCUT2D eigenvalue weighted by molar-refractivity contribution is 1.20. The number of rotatable bonds is 3. The van der Waals surface area contributed by atoms with Crippen LogP contribution in [0, 0.1) is 0 Å². The van der Waals surface area contributed by atoms with Crippen molar-refractivity contribution in [1.29, 1.82) is 0 Å². The average Bonchev–Trinajstić information content (AvgIpc) is 3.44. The average molecular weight is 452 g/mol. The van der Waals surface area contributed by atoms with Gasteiger partial charge in [-0.05, 0) is 51.9 Å². The molecule has 1 nitrogen and oxygen atoms in total. The number of aromatic nitrogens is 1. The van der Waals surface area contributed by atoms with Crippen molar-refractivity contribution in [3.8, 4) is 27.9 Å². The van der Waals surface area contributed by atoms with Crippen LogP contribution in [0.4, 0.5) is 0 Å². The Labute approximate surface area is 200 Å². The standard InChI is InChI=1S/C32H22NP/c1-3-11-22(12-4-1)24-19-25(23-13-5-2-6-14-23)21-26(20-24)33-29-17-9-7-15-27(29)31-28-16-8-10-18-30(28)34-32(31)33/h1-21,34H. The third-order valence-corrected chi connectivity index (χ3v) is 8.13. The van der Waals surface area contributed by atoms with Gasteiger partial charge in [0.1, 0.15) is 0 Å². The zero-order valence-corrected chi connectivity index (χ0v) is 19.6. The highest BCUT2D eigenvalue weighted by Gasteiger charge is 2.17. The molecule has 7 rings (SSSR count). The summed E-state index contributed by atoms with van der Waals surface area (Å²) < 4.78 is 2.50. The fourth-order valence-electron chi connectivity index (χ4n) is 5.17. The number of benzene rings is 5. The maximum atomic E-state index is 2.50. The number of fused-ring (bicyclic) bond motifs is 5. The molecule has 0 spiro atoms. The Morgan fingerprint density at radius 3 is 1.71 bits per heavy atom. The van der Waals surface area contributed by atoms with Crippen molar-refractivity contribution in [2.24, 2.45) is 0 Å². The highest BCUT2D eigenvalue weighted by atomic mass is 31.0. The topological polar surface area (TPSA) is 4.93 Å². The van der Waals surface area contributed by atoms with Gasteiger partial charge in [-0.2, -0.15) is 0 Å². The summed E-state index contributed by atoms with van der Waals surface area (Å²) in [4.78, 5) is 0. The lowest BCUT2D eigenvalue weighted by Gasteiger charge is -2.13. The number of nitrogens with zero attached hydrogens (tertiary/aromatic N) is 1. The Balaban J connectivity index is 1.59. The van der Waals surface area contributed by atoms with E-state index in [0.29, 0.717) is 8.19 Å². The summed E-state index contributed by atoms with van der Waals surface area (Å²) in [5.74, 6) is 0. The first-order chi connectivity index (χ1) is 16.9. The summed E-state index contributed by atoms with van der Waals surface area (Å²) in [5.41, 5.74) is 7.45. The SMILES string of the molecule is c1ccc(-c2cc(-c3ccccc3)cc(-n3c4ccccc4c4c5ccccc5[pH]c43)c2)cc1. The molecule has 0 N–H and O–H groups in total. The lowest BCUT2D eigenvalue weighted by Crippen LogP contribution is -1.94. The van der Waals surface area contributed by atoms with Crippen molar-refractivity contribution in [3.05, 3.63) is 127 Å². The van der Waals surface area contributed by atoms with E-state index < -0.39 is 0 Å². The van der Waals surface area contributed by atoms with Gasteiger partial charge in [-0.15, -0.1) is 8.19 Å². The third-order valence-electron chi connectivity index (χ3n) is 6.71. The van der Waals surface area contributed by atoms with Crippen LogP contribution < -0.4 is 0 Å². The van der Waals surface area contributed by atoms with E-state index in [2.05, 4.69) is 132 Å². The highest BCUT2D eigenvalue weighted by Crippen LogP contribution is 2.45. The van der Waals surface area contributed by atoms with E-state index in [1.807, 2.05) is 0 Å². The van der Waals surface area contributed by atoms with Crippen molar-refractivity contribution >= 4 is 40.2 Å². The molecule has 0 aliphatic rings. The molecular weight excluding hydrogens is 429 g/mol. The molecule has 34 heavy (non-hydrogen) atoms. The van der Waals surface area contributed by atoms with Crippen LogP contribution in [-0.2, 0) is 0 Å².